The fourth-order valence-corrected chi connectivity index (χ4v) is 2.37. The van der Waals surface area contributed by atoms with Crippen LogP contribution in [-0.2, 0) is 5.41 Å². The maximum Gasteiger partial charge on any atom is 0.397 e. The van der Waals surface area contributed by atoms with Crippen LogP contribution in [-0.4, -0.2) is 6.18 Å². The summed E-state index contributed by atoms with van der Waals surface area (Å²) in [7, 11) is 0. The van der Waals surface area contributed by atoms with E-state index in [0.29, 0.717) is 8.95 Å². The monoisotopic (exact) mass is 344 g/mol. The standard InChI is InChI=1S/C10H9Br2F3/c1-9(2,10(13,14)15)6-3-7(11)5-8(12)4-6/h3-5H,1-2H3. The van der Waals surface area contributed by atoms with E-state index < -0.39 is 11.6 Å². The predicted octanol–water partition coefficient (Wildman–Crippen LogP) is 5.05. The molecule has 5 heteroatoms. The zero-order valence-corrected chi connectivity index (χ0v) is 11.3. The van der Waals surface area contributed by atoms with Crippen molar-refractivity contribution in [3.05, 3.63) is 32.7 Å². The van der Waals surface area contributed by atoms with E-state index in [1.807, 2.05) is 0 Å². The minimum Gasteiger partial charge on any atom is -0.170 e. The fourth-order valence-electron chi connectivity index (χ4n) is 1.08. The first-order valence-electron chi connectivity index (χ1n) is 4.18. The van der Waals surface area contributed by atoms with Gasteiger partial charge in [0.25, 0.3) is 0 Å². The number of hydrogen-bond donors (Lipinski definition) is 0. The van der Waals surface area contributed by atoms with Crippen molar-refractivity contribution in [2.45, 2.75) is 25.4 Å². The van der Waals surface area contributed by atoms with Crippen LogP contribution in [0.3, 0.4) is 0 Å². The van der Waals surface area contributed by atoms with E-state index in [-0.39, 0.29) is 5.56 Å². The van der Waals surface area contributed by atoms with Crippen molar-refractivity contribution < 1.29 is 13.2 Å². The molecule has 0 radical (unpaired) electrons. The van der Waals surface area contributed by atoms with Crippen LogP contribution in [0.4, 0.5) is 13.2 Å². The summed E-state index contributed by atoms with van der Waals surface area (Å²) in [5.74, 6) is 0. The van der Waals surface area contributed by atoms with Crippen LogP contribution < -0.4 is 0 Å². The van der Waals surface area contributed by atoms with Crippen LogP contribution in [0.15, 0.2) is 27.1 Å². The number of rotatable bonds is 1. The molecule has 0 atom stereocenters. The highest BCUT2D eigenvalue weighted by Gasteiger charge is 2.48. The third-order valence-corrected chi connectivity index (χ3v) is 3.21. The lowest BCUT2D eigenvalue weighted by Crippen LogP contribution is -2.36. The van der Waals surface area contributed by atoms with E-state index in [0.717, 1.165) is 0 Å². The molecule has 0 bridgehead atoms. The summed E-state index contributed by atoms with van der Waals surface area (Å²) >= 11 is 6.35. The molecule has 0 heterocycles. The van der Waals surface area contributed by atoms with Gasteiger partial charge in [0, 0.05) is 8.95 Å². The fraction of sp³-hybridized carbons (Fsp3) is 0.400. The molecule has 0 saturated heterocycles. The second-order valence-electron chi connectivity index (χ2n) is 3.78. The Labute approximate surface area is 103 Å². The van der Waals surface area contributed by atoms with Gasteiger partial charge in [0.1, 0.15) is 0 Å². The highest BCUT2D eigenvalue weighted by molar-refractivity contribution is 9.11. The summed E-state index contributed by atoms with van der Waals surface area (Å²) in [5, 5.41) is 0. The third-order valence-electron chi connectivity index (χ3n) is 2.29. The van der Waals surface area contributed by atoms with E-state index in [1.54, 1.807) is 6.07 Å². The van der Waals surface area contributed by atoms with Crippen molar-refractivity contribution in [3.63, 3.8) is 0 Å². The average Bonchev–Trinajstić information content (AvgIpc) is 1.99. The molecule has 84 valence electrons. The van der Waals surface area contributed by atoms with Crippen LogP contribution in [0.5, 0.6) is 0 Å². The van der Waals surface area contributed by atoms with E-state index in [1.165, 1.54) is 26.0 Å². The minimum atomic E-state index is -4.26. The van der Waals surface area contributed by atoms with Crippen LogP contribution >= 0.6 is 31.9 Å². The van der Waals surface area contributed by atoms with Crippen LogP contribution in [0.2, 0.25) is 0 Å². The lowest BCUT2D eigenvalue weighted by molar-refractivity contribution is -0.180. The molecule has 0 aliphatic rings. The summed E-state index contributed by atoms with van der Waals surface area (Å²) in [4.78, 5) is 0. The van der Waals surface area contributed by atoms with Gasteiger partial charge < -0.3 is 0 Å². The van der Waals surface area contributed by atoms with E-state index in [2.05, 4.69) is 31.9 Å². The molecule has 0 N–H and O–H groups in total. The minimum absolute atomic E-state index is 0.233. The Balaban J connectivity index is 3.27. The second-order valence-corrected chi connectivity index (χ2v) is 5.61. The maximum absolute atomic E-state index is 12.8. The highest BCUT2D eigenvalue weighted by Crippen LogP contribution is 2.41. The number of hydrogen-bond acceptors (Lipinski definition) is 0. The van der Waals surface area contributed by atoms with Gasteiger partial charge in [-0.15, -0.1) is 0 Å². The average molecular weight is 346 g/mol. The number of halogens is 5. The zero-order chi connectivity index (χ0) is 11.9. The SMILES string of the molecule is CC(C)(c1cc(Br)cc(Br)c1)C(F)(F)F. The predicted molar refractivity (Wildman–Crippen MR) is 60.9 cm³/mol. The van der Waals surface area contributed by atoms with Gasteiger partial charge >= 0.3 is 6.18 Å². The molecule has 15 heavy (non-hydrogen) atoms. The Morgan fingerprint density at radius 2 is 1.33 bits per heavy atom. The van der Waals surface area contributed by atoms with Crippen molar-refractivity contribution in [1.29, 1.82) is 0 Å². The Hall–Kier alpha value is -0.0300. The van der Waals surface area contributed by atoms with Gasteiger partial charge in [-0.25, -0.2) is 0 Å². The van der Waals surface area contributed by atoms with Crippen molar-refractivity contribution in [2.75, 3.05) is 0 Å². The molecule has 0 aromatic heterocycles. The Morgan fingerprint density at radius 3 is 1.67 bits per heavy atom. The summed E-state index contributed by atoms with van der Waals surface area (Å²) in [6.45, 7) is 2.34. The van der Waals surface area contributed by atoms with E-state index in [4.69, 9.17) is 0 Å². The zero-order valence-electron chi connectivity index (χ0n) is 8.12. The molecule has 0 nitrogen and oxygen atoms in total. The van der Waals surface area contributed by atoms with Gasteiger partial charge in [0.05, 0.1) is 5.41 Å². The molecule has 0 aliphatic carbocycles. The topological polar surface area (TPSA) is 0 Å². The van der Waals surface area contributed by atoms with Gasteiger partial charge in [-0.2, -0.15) is 13.2 Å². The summed E-state index contributed by atoms with van der Waals surface area (Å²) in [5.41, 5.74) is -1.62. The lowest BCUT2D eigenvalue weighted by atomic mass is 9.84. The first kappa shape index (κ1) is 13.0. The lowest BCUT2D eigenvalue weighted by Gasteiger charge is -2.28. The molecule has 0 unspecified atom stereocenters. The molecule has 1 rings (SSSR count). The van der Waals surface area contributed by atoms with Gasteiger partial charge in [0.2, 0.25) is 0 Å². The Bertz CT molecular complexity index is 349. The largest absolute Gasteiger partial charge is 0.397 e. The van der Waals surface area contributed by atoms with E-state index >= 15 is 0 Å². The molecule has 0 aliphatic heterocycles. The second kappa shape index (κ2) is 4.09. The normalized spacial score (nSPS) is 13.0. The Morgan fingerprint density at radius 1 is 0.933 bits per heavy atom. The molecular weight excluding hydrogens is 337 g/mol. The maximum atomic E-state index is 12.8. The molecule has 0 spiro atoms. The van der Waals surface area contributed by atoms with Crippen LogP contribution in [0.1, 0.15) is 19.4 Å². The molecule has 1 aromatic rings. The van der Waals surface area contributed by atoms with E-state index in [9.17, 15) is 13.2 Å². The molecular formula is C10H9Br2F3. The van der Waals surface area contributed by atoms with Crippen LogP contribution in [0, 0.1) is 0 Å². The van der Waals surface area contributed by atoms with Gasteiger partial charge in [-0.1, -0.05) is 31.9 Å². The molecule has 1 aromatic carbocycles. The van der Waals surface area contributed by atoms with Gasteiger partial charge in [0.15, 0.2) is 0 Å². The summed E-state index contributed by atoms with van der Waals surface area (Å²) in [6, 6.07) is 4.67. The molecule has 0 saturated carbocycles. The van der Waals surface area contributed by atoms with Gasteiger partial charge in [-0.3, -0.25) is 0 Å². The first-order valence-corrected chi connectivity index (χ1v) is 5.76. The highest BCUT2D eigenvalue weighted by atomic mass is 79.9. The molecule has 0 amide bonds. The smallest absolute Gasteiger partial charge is 0.170 e. The third kappa shape index (κ3) is 2.75. The molecule has 0 fully saturated rings. The number of benzene rings is 1. The Kier molecular flexibility index (Phi) is 3.55. The quantitative estimate of drug-likeness (QED) is 0.668. The van der Waals surface area contributed by atoms with Crippen molar-refractivity contribution in [2.24, 2.45) is 0 Å². The van der Waals surface area contributed by atoms with Crippen LogP contribution in [0.25, 0.3) is 0 Å². The first-order chi connectivity index (χ1) is 6.64. The summed E-state index contributed by atoms with van der Waals surface area (Å²) in [6.07, 6.45) is -4.26. The van der Waals surface area contributed by atoms with Crippen molar-refractivity contribution >= 4 is 31.9 Å². The summed E-state index contributed by atoms with van der Waals surface area (Å²) < 4.78 is 39.5. The van der Waals surface area contributed by atoms with Crippen molar-refractivity contribution in [1.82, 2.24) is 0 Å². The number of alkyl halides is 3. The van der Waals surface area contributed by atoms with Gasteiger partial charge in [-0.05, 0) is 37.6 Å². The van der Waals surface area contributed by atoms with Crippen molar-refractivity contribution in [3.8, 4) is 0 Å².